The van der Waals surface area contributed by atoms with E-state index in [4.69, 9.17) is 9.97 Å². The molecular weight excluding hydrogens is 322 g/mol. The van der Waals surface area contributed by atoms with Crippen LogP contribution in [0.2, 0.25) is 0 Å². The van der Waals surface area contributed by atoms with Gasteiger partial charge in [0.15, 0.2) is 5.82 Å². The second kappa shape index (κ2) is 7.79. The molecule has 26 heavy (non-hydrogen) atoms. The number of likely N-dealkylation sites (tertiary alicyclic amines) is 1. The quantitative estimate of drug-likeness (QED) is 0.731. The van der Waals surface area contributed by atoms with E-state index >= 15 is 0 Å². The van der Waals surface area contributed by atoms with Crippen molar-refractivity contribution in [3.8, 4) is 11.4 Å². The number of aromatic nitrogens is 3. The van der Waals surface area contributed by atoms with Crippen molar-refractivity contribution in [3.63, 3.8) is 0 Å². The Hall–Kier alpha value is -2.53. The lowest BCUT2D eigenvalue weighted by Crippen LogP contribution is -2.37. The van der Waals surface area contributed by atoms with Crippen molar-refractivity contribution in [2.24, 2.45) is 0 Å². The number of pyridine rings is 1. The molecule has 134 valence electrons. The number of para-hydroxylation sites is 1. The van der Waals surface area contributed by atoms with Gasteiger partial charge in [-0.15, -0.1) is 0 Å². The number of anilines is 1. The normalized spacial score (nSPS) is 16.0. The van der Waals surface area contributed by atoms with Gasteiger partial charge in [0, 0.05) is 35.9 Å². The zero-order valence-electron chi connectivity index (χ0n) is 15.2. The van der Waals surface area contributed by atoms with E-state index in [1.807, 2.05) is 30.3 Å². The maximum absolute atomic E-state index is 4.84. The summed E-state index contributed by atoms with van der Waals surface area (Å²) in [5.74, 6) is 1.66. The summed E-state index contributed by atoms with van der Waals surface area (Å²) in [7, 11) is 0. The fourth-order valence-corrected chi connectivity index (χ4v) is 3.69. The van der Waals surface area contributed by atoms with Gasteiger partial charge in [-0.05, 0) is 56.6 Å². The molecule has 1 fully saturated rings. The van der Waals surface area contributed by atoms with Crippen LogP contribution < -0.4 is 5.32 Å². The molecule has 2 aromatic heterocycles. The maximum atomic E-state index is 4.84. The summed E-state index contributed by atoms with van der Waals surface area (Å²) in [4.78, 5) is 16.3. The van der Waals surface area contributed by atoms with E-state index in [-0.39, 0.29) is 0 Å². The van der Waals surface area contributed by atoms with Crippen LogP contribution in [0, 0.1) is 0 Å². The zero-order chi connectivity index (χ0) is 17.8. The lowest BCUT2D eigenvalue weighted by Gasteiger charge is -2.27. The van der Waals surface area contributed by atoms with Gasteiger partial charge in [0.2, 0.25) is 0 Å². The molecule has 3 aromatic rings. The zero-order valence-corrected chi connectivity index (χ0v) is 15.2. The Kier molecular flexibility index (Phi) is 5.07. The molecule has 0 bridgehead atoms. The van der Waals surface area contributed by atoms with Crippen LogP contribution >= 0.6 is 0 Å². The Morgan fingerprint density at radius 1 is 1.04 bits per heavy atom. The first kappa shape index (κ1) is 16.9. The molecule has 1 N–H and O–H groups in total. The van der Waals surface area contributed by atoms with Gasteiger partial charge in [0.05, 0.1) is 5.52 Å². The lowest BCUT2D eigenvalue weighted by atomic mass is 10.1. The van der Waals surface area contributed by atoms with E-state index in [1.54, 1.807) is 12.4 Å². The van der Waals surface area contributed by atoms with E-state index in [0.29, 0.717) is 6.04 Å². The molecule has 1 aliphatic rings. The molecule has 0 spiro atoms. The number of nitrogens with zero attached hydrogens (tertiary/aromatic N) is 4. The van der Waals surface area contributed by atoms with E-state index in [9.17, 15) is 0 Å². The first-order chi connectivity index (χ1) is 12.8. The van der Waals surface area contributed by atoms with Gasteiger partial charge in [0.1, 0.15) is 5.82 Å². The highest BCUT2D eigenvalue weighted by Gasteiger charge is 2.20. The predicted octanol–water partition coefficient (Wildman–Crippen LogP) is 3.98. The van der Waals surface area contributed by atoms with Crippen molar-refractivity contribution in [2.45, 2.75) is 32.2 Å². The number of nitrogens with one attached hydrogen (secondary N) is 1. The van der Waals surface area contributed by atoms with Crippen LogP contribution in [0.15, 0.2) is 48.8 Å². The fraction of sp³-hybridized carbons (Fsp3) is 0.381. The third kappa shape index (κ3) is 3.53. The van der Waals surface area contributed by atoms with Gasteiger partial charge in [-0.2, -0.15) is 0 Å². The number of rotatable bonds is 6. The van der Waals surface area contributed by atoms with E-state index in [1.165, 1.54) is 25.9 Å². The molecule has 1 atom stereocenters. The first-order valence-corrected chi connectivity index (χ1v) is 9.50. The molecule has 0 aliphatic carbocycles. The molecule has 3 heterocycles. The highest BCUT2D eigenvalue weighted by atomic mass is 15.2. The van der Waals surface area contributed by atoms with Crippen LogP contribution in [0.4, 0.5) is 5.82 Å². The van der Waals surface area contributed by atoms with E-state index in [2.05, 4.69) is 28.2 Å². The molecule has 1 aromatic carbocycles. The van der Waals surface area contributed by atoms with E-state index < -0.39 is 0 Å². The molecule has 0 amide bonds. The summed E-state index contributed by atoms with van der Waals surface area (Å²) in [5.41, 5.74) is 1.95. The summed E-state index contributed by atoms with van der Waals surface area (Å²) >= 11 is 0. The molecule has 4 rings (SSSR count). The standard InChI is InChI=1S/C21H25N5/c1-2-17(26-13-5-6-14-26)15-23-21-18-7-3-4-8-19(18)24-20(25-21)16-9-11-22-12-10-16/h3-4,7-12,17H,2,5-6,13-15H2,1H3,(H,23,24,25). The van der Waals surface area contributed by atoms with Gasteiger partial charge in [0.25, 0.3) is 0 Å². The van der Waals surface area contributed by atoms with Gasteiger partial charge >= 0.3 is 0 Å². The Morgan fingerprint density at radius 3 is 2.58 bits per heavy atom. The largest absolute Gasteiger partial charge is 0.368 e. The highest BCUT2D eigenvalue weighted by Crippen LogP contribution is 2.25. The van der Waals surface area contributed by atoms with Crippen molar-refractivity contribution in [1.82, 2.24) is 19.9 Å². The van der Waals surface area contributed by atoms with Gasteiger partial charge in [-0.25, -0.2) is 9.97 Å². The van der Waals surface area contributed by atoms with Gasteiger partial charge in [-0.1, -0.05) is 19.1 Å². The maximum Gasteiger partial charge on any atom is 0.162 e. The monoisotopic (exact) mass is 347 g/mol. The van der Waals surface area contributed by atoms with Crippen LogP contribution in [-0.2, 0) is 0 Å². The van der Waals surface area contributed by atoms with Crippen molar-refractivity contribution in [1.29, 1.82) is 0 Å². The number of fused-ring (bicyclic) bond motifs is 1. The molecule has 1 unspecified atom stereocenters. The minimum absolute atomic E-state index is 0.551. The van der Waals surface area contributed by atoms with Crippen LogP contribution in [0.1, 0.15) is 26.2 Å². The summed E-state index contributed by atoms with van der Waals surface area (Å²) in [6, 6.07) is 12.7. The van der Waals surface area contributed by atoms with Crippen molar-refractivity contribution in [2.75, 3.05) is 25.0 Å². The summed E-state index contributed by atoms with van der Waals surface area (Å²) < 4.78 is 0. The topological polar surface area (TPSA) is 53.9 Å². The van der Waals surface area contributed by atoms with Crippen LogP contribution in [-0.4, -0.2) is 45.5 Å². The summed E-state index contributed by atoms with van der Waals surface area (Å²) in [6.07, 6.45) is 7.34. The molecule has 5 heteroatoms. The Balaban J connectivity index is 1.64. The Labute approximate surface area is 154 Å². The number of hydrogen-bond acceptors (Lipinski definition) is 5. The molecule has 1 aliphatic heterocycles. The second-order valence-electron chi connectivity index (χ2n) is 6.83. The second-order valence-corrected chi connectivity index (χ2v) is 6.83. The number of hydrogen-bond donors (Lipinski definition) is 1. The Bertz CT molecular complexity index is 859. The first-order valence-electron chi connectivity index (χ1n) is 9.50. The predicted molar refractivity (Wildman–Crippen MR) is 106 cm³/mol. The van der Waals surface area contributed by atoms with Crippen molar-refractivity contribution in [3.05, 3.63) is 48.8 Å². The van der Waals surface area contributed by atoms with Crippen molar-refractivity contribution < 1.29 is 0 Å². The molecular formula is C21H25N5. The molecule has 1 saturated heterocycles. The fourth-order valence-electron chi connectivity index (χ4n) is 3.69. The smallest absolute Gasteiger partial charge is 0.162 e. The third-order valence-corrected chi connectivity index (χ3v) is 5.18. The average molecular weight is 347 g/mol. The minimum Gasteiger partial charge on any atom is -0.368 e. The molecule has 5 nitrogen and oxygen atoms in total. The number of benzene rings is 1. The van der Waals surface area contributed by atoms with Gasteiger partial charge < -0.3 is 5.32 Å². The molecule has 0 saturated carbocycles. The SMILES string of the molecule is CCC(CNc1nc(-c2ccncc2)nc2ccccc12)N1CCCC1. The van der Waals surface area contributed by atoms with Crippen LogP contribution in [0.3, 0.4) is 0 Å². The summed E-state index contributed by atoms with van der Waals surface area (Å²) in [5, 5.41) is 4.69. The van der Waals surface area contributed by atoms with E-state index in [0.717, 1.165) is 41.1 Å². The minimum atomic E-state index is 0.551. The third-order valence-electron chi connectivity index (χ3n) is 5.18. The summed E-state index contributed by atoms with van der Waals surface area (Å²) in [6.45, 7) is 5.61. The van der Waals surface area contributed by atoms with Crippen LogP contribution in [0.5, 0.6) is 0 Å². The van der Waals surface area contributed by atoms with Gasteiger partial charge in [-0.3, -0.25) is 9.88 Å². The molecule has 0 radical (unpaired) electrons. The highest BCUT2D eigenvalue weighted by molar-refractivity contribution is 5.90. The Morgan fingerprint density at radius 2 is 1.81 bits per heavy atom. The van der Waals surface area contributed by atoms with Crippen LogP contribution in [0.25, 0.3) is 22.3 Å². The van der Waals surface area contributed by atoms with Crippen molar-refractivity contribution >= 4 is 16.7 Å². The average Bonchev–Trinajstić information content (AvgIpc) is 3.23. The lowest BCUT2D eigenvalue weighted by molar-refractivity contribution is 0.246.